The summed E-state index contributed by atoms with van der Waals surface area (Å²) in [5, 5.41) is 0.395. The van der Waals surface area contributed by atoms with E-state index in [0.29, 0.717) is 22.8 Å². The van der Waals surface area contributed by atoms with Gasteiger partial charge < -0.3 is 10.6 Å². The van der Waals surface area contributed by atoms with Gasteiger partial charge in [-0.1, -0.05) is 39.7 Å². The normalized spacial score (nSPS) is 10.3. The molecule has 0 saturated carbocycles. The highest BCUT2D eigenvalue weighted by molar-refractivity contribution is 9.10. The van der Waals surface area contributed by atoms with Crippen LogP contribution < -0.4 is 5.73 Å². The van der Waals surface area contributed by atoms with Crippen molar-refractivity contribution in [2.45, 2.75) is 6.54 Å². The molecule has 0 atom stereocenters. The number of carbonyl (C=O) groups is 1. The number of halogens is 2. The van der Waals surface area contributed by atoms with E-state index in [1.165, 1.54) is 0 Å². The third kappa shape index (κ3) is 3.52. The fraction of sp³-hybridized carbons (Fsp3) is 0.133. The highest BCUT2D eigenvalue weighted by atomic mass is 79.9. The molecule has 0 unspecified atom stereocenters. The van der Waals surface area contributed by atoms with Crippen LogP contribution in [0.4, 0.5) is 5.69 Å². The van der Waals surface area contributed by atoms with Gasteiger partial charge in [-0.15, -0.1) is 0 Å². The van der Waals surface area contributed by atoms with Crippen molar-refractivity contribution in [1.82, 2.24) is 4.90 Å². The first-order valence-corrected chi connectivity index (χ1v) is 7.19. The van der Waals surface area contributed by atoms with Crippen molar-refractivity contribution < 1.29 is 4.79 Å². The highest BCUT2D eigenvalue weighted by Crippen LogP contribution is 2.21. The smallest absolute Gasteiger partial charge is 0.253 e. The standard InChI is InChI=1S/C15H14BrClN2O/c1-19(9-10-3-2-4-12(16)7-10)15(20)11-5-6-14(18)13(17)8-11/h2-8H,9,18H2,1H3. The van der Waals surface area contributed by atoms with Gasteiger partial charge in [0.25, 0.3) is 5.91 Å². The topological polar surface area (TPSA) is 46.3 Å². The number of nitrogens with zero attached hydrogens (tertiary/aromatic N) is 1. The average Bonchev–Trinajstić information content (AvgIpc) is 2.41. The molecule has 1 amide bonds. The van der Waals surface area contributed by atoms with Crippen LogP contribution in [0.5, 0.6) is 0 Å². The van der Waals surface area contributed by atoms with Gasteiger partial charge in [0.1, 0.15) is 0 Å². The van der Waals surface area contributed by atoms with Crippen LogP contribution in [0.25, 0.3) is 0 Å². The minimum Gasteiger partial charge on any atom is -0.398 e. The van der Waals surface area contributed by atoms with E-state index >= 15 is 0 Å². The molecule has 3 nitrogen and oxygen atoms in total. The fourth-order valence-electron chi connectivity index (χ4n) is 1.86. The molecule has 104 valence electrons. The van der Waals surface area contributed by atoms with Gasteiger partial charge in [-0.3, -0.25) is 4.79 Å². The molecule has 20 heavy (non-hydrogen) atoms. The molecule has 0 aliphatic carbocycles. The molecule has 0 aliphatic rings. The Morgan fingerprint density at radius 2 is 2.05 bits per heavy atom. The summed E-state index contributed by atoms with van der Waals surface area (Å²) in [7, 11) is 1.76. The predicted molar refractivity (Wildman–Crippen MR) is 85.8 cm³/mol. The molecule has 0 heterocycles. The summed E-state index contributed by atoms with van der Waals surface area (Å²) in [5.74, 6) is -0.0909. The van der Waals surface area contributed by atoms with E-state index in [1.807, 2.05) is 24.3 Å². The largest absolute Gasteiger partial charge is 0.398 e. The number of hydrogen-bond donors (Lipinski definition) is 1. The molecule has 5 heteroatoms. The van der Waals surface area contributed by atoms with E-state index in [-0.39, 0.29) is 5.91 Å². The van der Waals surface area contributed by atoms with E-state index in [4.69, 9.17) is 17.3 Å². The van der Waals surface area contributed by atoms with Crippen molar-refractivity contribution in [1.29, 1.82) is 0 Å². The van der Waals surface area contributed by atoms with Crippen LogP contribution in [-0.2, 0) is 6.54 Å². The van der Waals surface area contributed by atoms with Gasteiger partial charge in [0.15, 0.2) is 0 Å². The molecular formula is C15H14BrClN2O. The van der Waals surface area contributed by atoms with Crippen molar-refractivity contribution in [2.75, 3.05) is 12.8 Å². The third-order valence-corrected chi connectivity index (χ3v) is 3.72. The number of nitrogen functional groups attached to an aromatic ring is 1. The van der Waals surface area contributed by atoms with Gasteiger partial charge >= 0.3 is 0 Å². The summed E-state index contributed by atoms with van der Waals surface area (Å²) in [5.41, 5.74) is 7.70. The van der Waals surface area contributed by atoms with Crippen molar-refractivity contribution in [3.05, 3.63) is 63.1 Å². The Hall–Kier alpha value is -1.52. The third-order valence-electron chi connectivity index (χ3n) is 2.90. The summed E-state index contributed by atoms with van der Waals surface area (Å²) < 4.78 is 0.992. The minimum atomic E-state index is -0.0909. The molecule has 0 fully saturated rings. The summed E-state index contributed by atoms with van der Waals surface area (Å²) in [6.07, 6.45) is 0. The van der Waals surface area contributed by atoms with E-state index < -0.39 is 0 Å². The molecule has 2 aromatic rings. The van der Waals surface area contributed by atoms with Gasteiger partial charge in [0.2, 0.25) is 0 Å². The molecule has 0 saturated heterocycles. The zero-order valence-electron chi connectivity index (χ0n) is 10.9. The second kappa shape index (κ2) is 6.29. The van der Waals surface area contributed by atoms with Crippen LogP contribution in [0.2, 0.25) is 5.02 Å². The van der Waals surface area contributed by atoms with E-state index in [9.17, 15) is 4.79 Å². The number of nitrogens with two attached hydrogens (primary N) is 1. The maximum Gasteiger partial charge on any atom is 0.253 e. The zero-order chi connectivity index (χ0) is 14.7. The summed E-state index contributed by atoms with van der Waals surface area (Å²) in [4.78, 5) is 14.0. The van der Waals surface area contributed by atoms with Crippen LogP contribution in [0.1, 0.15) is 15.9 Å². The SMILES string of the molecule is CN(Cc1cccc(Br)c1)C(=O)c1ccc(N)c(Cl)c1. The Balaban J connectivity index is 2.14. The number of anilines is 1. The molecule has 0 spiro atoms. The molecule has 0 aromatic heterocycles. The number of hydrogen-bond acceptors (Lipinski definition) is 2. The van der Waals surface area contributed by atoms with Gasteiger partial charge in [0.05, 0.1) is 10.7 Å². The van der Waals surface area contributed by atoms with Crippen LogP contribution in [0.15, 0.2) is 46.9 Å². The number of amides is 1. The molecule has 2 aromatic carbocycles. The minimum absolute atomic E-state index is 0.0909. The average molecular weight is 354 g/mol. The fourth-order valence-corrected chi connectivity index (χ4v) is 2.49. The predicted octanol–water partition coefficient (Wildman–Crippen LogP) is 3.96. The Bertz CT molecular complexity index is 646. The molecule has 0 radical (unpaired) electrons. The van der Waals surface area contributed by atoms with Gasteiger partial charge in [-0.25, -0.2) is 0 Å². The van der Waals surface area contributed by atoms with Gasteiger partial charge in [0, 0.05) is 23.6 Å². The number of rotatable bonds is 3. The van der Waals surface area contributed by atoms with E-state index in [2.05, 4.69) is 15.9 Å². The van der Waals surface area contributed by atoms with E-state index in [0.717, 1.165) is 10.0 Å². The monoisotopic (exact) mass is 352 g/mol. The van der Waals surface area contributed by atoms with Crippen LogP contribution in [0, 0.1) is 0 Å². The summed E-state index contributed by atoms with van der Waals surface area (Å²) in [6.45, 7) is 0.528. The van der Waals surface area contributed by atoms with E-state index in [1.54, 1.807) is 30.1 Å². The maximum absolute atomic E-state index is 12.3. The Morgan fingerprint density at radius 1 is 1.30 bits per heavy atom. The first-order chi connectivity index (χ1) is 9.47. The van der Waals surface area contributed by atoms with Gasteiger partial charge in [-0.2, -0.15) is 0 Å². The van der Waals surface area contributed by atoms with Crippen molar-refractivity contribution in [3.8, 4) is 0 Å². The summed E-state index contributed by atoms with van der Waals surface area (Å²) in [6, 6.07) is 12.8. The lowest BCUT2D eigenvalue weighted by Crippen LogP contribution is -2.26. The van der Waals surface area contributed by atoms with Crippen molar-refractivity contribution >= 4 is 39.1 Å². The second-order valence-electron chi connectivity index (χ2n) is 4.53. The van der Waals surface area contributed by atoms with Crippen molar-refractivity contribution in [3.63, 3.8) is 0 Å². The quantitative estimate of drug-likeness (QED) is 0.849. The summed E-state index contributed by atoms with van der Waals surface area (Å²) >= 11 is 9.36. The molecule has 0 aliphatic heterocycles. The van der Waals surface area contributed by atoms with Crippen molar-refractivity contribution in [2.24, 2.45) is 0 Å². The Labute approximate surface area is 131 Å². The first-order valence-electron chi connectivity index (χ1n) is 6.02. The van der Waals surface area contributed by atoms with Crippen LogP contribution >= 0.6 is 27.5 Å². The maximum atomic E-state index is 12.3. The van der Waals surface area contributed by atoms with Gasteiger partial charge in [-0.05, 0) is 35.9 Å². The second-order valence-corrected chi connectivity index (χ2v) is 5.85. The number of carbonyl (C=O) groups excluding carboxylic acids is 1. The lowest BCUT2D eigenvalue weighted by molar-refractivity contribution is 0.0785. The number of benzene rings is 2. The molecular weight excluding hydrogens is 340 g/mol. The molecule has 2 N–H and O–H groups in total. The zero-order valence-corrected chi connectivity index (χ0v) is 13.3. The molecule has 2 rings (SSSR count). The highest BCUT2D eigenvalue weighted by Gasteiger charge is 2.13. The Morgan fingerprint density at radius 3 is 2.70 bits per heavy atom. The lowest BCUT2D eigenvalue weighted by atomic mass is 10.1. The Kier molecular flexibility index (Phi) is 4.68. The lowest BCUT2D eigenvalue weighted by Gasteiger charge is -2.18. The first kappa shape index (κ1) is 14.9. The molecule has 0 bridgehead atoms. The van der Waals surface area contributed by atoms with Crippen LogP contribution in [0.3, 0.4) is 0 Å². The van der Waals surface area contributed by atoms with Crippen LogP contribution in [-0.4, -0.2) is 17.9 Å².